The van der Waals surface area contributed by atoms with E-state index in [9.17, 15) is 14.0 Å². The minimum atomic E-state index is -0.748. The van der Waals surface area contributed by atoms with Gasteiger partial charge in [-0.1, -0.05) is 6.07 Å². The quantitative estimate of drug-likeness (QED) is 0.472. The summed E-state index contributed by atoms with van der Waals surface area (Å²) in [4.78, 5) is 34.1. The van der Waals surface area contributed by atoms with Crippen molar-refractivity contribution >= 4 is 34.6 Å². The van der Waals surface area contributed by atoms with Gasteiger partial charge in [-0.15, -0.1) is 0 Å². The average molecular weight is 517 g/mol. The number of carbonyl (C=O) groups is 2. The summed E-state index contributed by atoms with van der Waals surface area (Å²) in [7, 11) is 3.92. The van der Waals surface area contributed by atoms with Crippen molar-refractivity contribution in [3.8, 4) is 11.5 Å². The lowest BCUT2D eigenvalue weighted by molar-refractivity contribution is -0.117. The highest BCUT2D eigenvalue weighted by Gasteiger charge is 2.36. The zero-order valence-corrected chi connectivity index (χ0v) is 21.5. The number of carbonyl (C=O) groups excluding carboxylic acids is 2. The van der Waals surface area contributed by atoms with Crippen molar-refractivity contribution < 1.29 is 23.5 Å². The maximum atomic E-state index is 13.9. The third kappa shape index (κ3) is 5.24. The topological polar surface area (TPSA) is 83.5 Å². The summed E-state index contributed by atoms with van der Waals surface area (Å²) in [5.74, 6) is -0.311. The predicted octanol–water partition coefficient (Wildman–Crippen LogP) is 4.37. The van der Waals surface area contributed by atoms with Crippen LogP contribution in [0.5, 0.6) is 11.5 Å². The molecule has 2 aliphatic heterocycles. The van der Waals surface area contributed by atoms with Crippen molar-refractivity contribution in [3.63, 3.8) is 0 Å². The third-order valence-corrected chi connectivity index (χ3v) is 6.52. The molecule has 0 fully saturated rings. The van der Waals surface area contributed by atoms with Crippen LogP contribution in [0, 0.1) is 5.82 Å². The molecule has 38 heavy (non-hydrogen) atoms. The number of amides is 2. The van der Waals surface area contributed by atoms with Gasteiger partial charge in [-0.25, -0.2) is 4.39 Å². The minimum absolute atomic E-state index is 0.0495. The molecule has 5 rings (SSSR count). The van der Waals surface area contributed by atoms with Crippen LogP contribution in [0.25, 0.3) is 0 Å². The van der Waals surface area contributed by atoms with E-state index in [0.29, 0.717) is 59.5 Å². The predicted molar refractivity (Wildman–Crippen MR) is 144 cm³/mol. The SMILES string of the molecule is CC(=O)N(CCN(C)C)c1ccc(N=C(c2ccc3c(c2)OCCO3)C2C(=O)Nc3cc(F)ccc32)cc1. The molecule has 2 heterocycles. The van der Waals surface area contributed by atoms with Gasteiger partial charge in [-0.3, -0.25) is 14.6 Å². The largest absolute Gasteiger partial charge is 0.486 e. The third-order valence-electron chi connectivity index (χ3n) is 6.52. The number of fused-ring (bicyclic) bond motifs is 2. The van der Waals surface area contributed by atoms with Gasteiger partial charge in [0.25, 0.3) is 0 Å². The molecule has 0 spiro atoms. The first-order valence-electron chi connectivity index (χ1n) is 12.4. The van der Waals surface area contributed by atoms with Crippen molar-refractivity contribution in [1.82, 2.24) is 4.90 Å². The maximum Gasteiger partial charge on any atom is 0.238 e. The summed E-state index contributed by atoms with van der Waals surface area (Å²) in [6.07, 6.45) is 0. The minimum Gasteiger partial charge on any atom is -0.486 e. The molecule has 0 aliphatic carbocycles. The van der Waals surface area contributed by atoms with E-state index in [1.807, 2.05) is 55.4 Å². The molecule has 9 heteroatoms. The Balaban J connectivity index is 1.55. The highest BCUT2D eigenvalue weighted by atomic mass is 19.1. The number of likely N-dealkylation sites (N-methyl/N-ethyl adjacent to an activating group) is 1. The van der Waals surface area contributed by atoms with Crippen molar-refractivity contribution in [1.29, 1.82) is 0 Å². The Morgan fingerprint density at radius 3 is 2.45 bits per heavy atom. The van der Waals surface area contributed by atoms with E-state index in [-0.39, 0.29) is 11.8 Å². The van der Waals surface area contributed by atoms with Crippen LogP contribution in [0.4, 0.5) is 21.5 Å². The summed E-state index contributed by atoms with van der Waals surface area (Å²) in [5, 5.41) is 2.78. The lowest BCUT2D eigenvalue weighted by atomic mass is 9.90. The molecule has 8 nitrogen and oxygen atoms in total. The Hall–Kier alpha value is -4.24. The lowest BCUT2D eigenvalue weighted by Crippen LogP contribution is -2.35. The number of nitrogens with one attached hydrogen (secondary N) is 1. The van der Waals surface area contributed by atoms with Crippen molar-refractivity contribution in [2.45, 2.75) is 12.8 Å². The van der Waals surface area contributed by atoms with Gasteiger partial charge in [0.2, 0.25) is 11.8 Å². The molecule has 0 bridgehead atoms. The van der Waals surface area contributed by atoms with E-state index >= 15 is 0 Å². The Labute approximate surface area is 220 Å². The summed E-state index contributed by atoms with van der Waals surface area (Å²) in [6.45, 7) is 3.72. The highest BCUT2D eigenvalue weighted by Crippen LogP contribution is 2.39. The number of rotatable bonds is 7. The van der Waals surface area contributed by atoms with Crippen LogP contribution in [0.2, 0.25) is 0 Å². The summed E-state index contributed by atoms with van der Waals surface area (Å²) >= 11 is 0. The van der Waals surface area contributed by atoms with Crippen LogP contribution in [-0.2, 0) is 9.59 Å². The Bertz CT molecular complexity index is 1400. The van der Waals surface area contributed by atoms with Crippen molar-refractivity contribution in [3.05, 3.63) is 77.6 Å². The maximum absolute atomic E-state index is 13.9. The number of halogens is 1. The van der Waals surface area contributed by atoms with Gasteiger partial charge in [-0.05, 0) is 74.3 Å². The van der Waals surface area contributed by atoms with E-state index < -0.39 is 11.7 Å². The van der Waals surface area contributed by atoms with E-state index in [1.54, 1.807) is 24.0 Å². The van der Waals surface area contributed by atoms with Crippen LogP contribution in [-0.4, -0.2) is 62.8 Å². The number of anilines is 2. The monoisotopic (exact) mass is 516 g/mol. The zero-order chi connectivity index (χ0) is 26.8. The van der Waals surface area contributed by atoms with Gasteiger partial charge >= 0.3 is 0 Å². The fourth-order valence-corrected chi connectivity index (χ4v) is 4.62. The van der Waals surface area contributed by atoms with E-state index in [1.165, 1.54) is 12.1 Å². The molecule has 0 saturated carbocycles. The second-order valence-corrected chi connectivity index (χ2v) is 9.50. The normalized spacial score (nSPS) is 16.3. The second-order valence-electron chi connectivity index (χ2n) is 9.50. The number of aliphatic imine (C=N–C) groups is 1. The molecule has 0 aromatic heterocycles. The van der Waals surface area contributed by atoms with Crippen LogP contribution >= 0.6 is 0 Å². The first kappa shape index (κ1) is 25.4. The fraction of sp³-hybridized carbons (Fsp3) is 0.276. The van der Waals surface area contributed by atoms with Crippen LogP contribution in [0.15, 0.2) is 65.7 Å². The van der Waals surface area contributed by atoms with Gasteiger partial charge < -0.3 is 24.6 Å². The lowest BCUT2D eigenvalue weighted by Gasteiger charge is -2.23. The molecule has 1 atom stereocenters. The van der Waals surface area contributed by atoms with E-state index in [4.69, 9.17) is 14.5 Å². The molecule has 0 saturated heterocycles. The summed E-state index contributed by atoms with van der Waals surface area (Å²) in [6, 6.07) is 17.0. The van der Waals surface area contributed by atoms with Crippen molar-refractivity contribution in [2.75, 3.05) is 50.6 Å². The zero-order valence-electron chi connectivity index (χ0n) is 21.5. The van der Waals surface area contributed by atoms with Gasteiger partial charge in [-0.2, -0.15) is 0 Å². The molecule has 1 N–H and O–H groups in total. The molecule has 1 unspecified atom stereocenters. The molecule has 3 aromatic carbocycles. The Morgan fingerprint density at radius 1 is 1.00 bits per heavy atom. The fourth-order valence-electron chi connectivity index (χ4n) is 4.62. The molecule has 2 amide bonds. The molecular formula is C29H29FN4O4. The van der Waals surface area contributed by atoms with Crippen LogP contribution < -0.4 is 19.7 Å². The van der Waals surface area contributed by atoms with Gasteiger partial charge in [0.05, 0.1) is 11.4 Å². The van der Waals surface area contributed by atoms with Crippen LogP contribution in [0.3, 0.4) is 0 Å². The van der Waals surface area contributed by atoms with Gasteiger partial charge in [0, 0.05) is 37.0 Å². The summed E-state index contributed by atoms with van der Waals surface area (Å²) < 4.78 is 25.3. The molecule has 196 valence electrons. The average Bonchev–Trinajstić information content (AvgIpc) is 3.22. The number of hydrogen-bond donors (Lipinski definition) is 1. The van der Waals surface area contributed by atoms with E-state index in [0.717, 1.165) is 12.2 Å². The Kier molecular flexibility index (Phi) is 7.11. The van der Waals surface area contributed by atoms with E-state index in [2.05, 4.69) is 5.32 Å². The van der Waals surface area contributed by atoms with Crippen molar-refractivity contribution in [2.24, 2.45) is 4.99 Å². The number of ether oxygens (including phenoxy) is 2. The molecule has 2 aliphatic rings. The number of benzene rings is 3. The smallest absolute Gasteiger partial charge is 0.238 e. The number of hydrogen-bond acceptors (Lipinski definition) is 6. The van der Waals surface area contributed by atoms with Gasteiger partial charge in [0.1, 0.15) is 24.9 Å². The molecular weight excluding hydrogens is 487 g/mol. The van der Waals surface area contributed by atoms with Crippen LogP contribution in [0.1, 0.15) is 24.0 Å². The first-order valence-corrected chi connectivity index (χ1v) is 12.4. The number of nitrogens with zero attached hydrogens (tertiary/aromatic N) is 3. The first-order chi connectivity index (χ1) is 18.3. The second kappa shape index (κ2) is 10.6. The summed E-state index contributed by atoms with van der Waals surface area (Å²) in [5.41, 5.74) is 3.63. The van der Waals surface area contributed by atoms with Gasteiger partial charge in [0.15, 0.2) is 11.5 Å². The Morgan fingerprint density at radius 2 is 1.74 bits per heavy atom. The highest BCUT2D eigenvalue weighted by molar-refractivity contribution is 6.24. The molecule has 3 aromatic rings. The molecule has 0 radical (unpaired) electrons. The standard InChI is InChI=1S/C29H29FN4O4/c1-18(35)34(13-12-33(2)3)22-8-6-21(7-9-22)31-28(19-4-11-25-26(16-19)38-15-14-37-25)27-23-10-5-20(30)17-24(23)32-29(27)36/h4-11,16-17,27H,12-15H2,1-3H3,(H,32,36).